The Bertz CT molecular complexity index is 1220. The second-order valence-electron chi connectivity index (χ2n) is 25.2. The molecule has 0 aromatic heterocycles. The lowest BCUT2D eigenvalue weighted by Crippen LogP contribution is -2.58. The summed E-state index contributed by atoms with van der Waals surface area (Å²) in [5.74, 6) is 0.206. The lowest BCUT2D eigenvalue weighted by molar-refractivity contribution is -0.934. The normalized spacial score (nSPS) is 14.7. The molecule has 1 fully saturated rings. The second-order valence-corrected chi connectivity index (χ2v) is 25.2. The molecule has 1 heterocycles. The van der Waals surface area contributed by atoms with Crippen LogP contribution in [-0.4, -0.2) is 84.0 Å². The molecule has 1 aliphatic heterocycles. The smallest absolute Gasteiger partial charge is 0.226 e. The fraction of sp³-hybridized carbons (Fsp3) is 0.941. The summed E-state index contributed by atoms with van der Waals surface area (Å²) in [6.07, 6.45) is 61.3. The Balaban J connectivity index is 2.71. The van der Waals surface area contributed by atoms with Crippen molar-refractivity contribution in [3.05, 3.63) is 0 Å². The third-order valence-electron chi connectivity index (χ3n) is 17.3. The molecule has 1 rings (SSSR count). The van der Waals surface area contributed by atoms with Crippen LogP contribution in [-0.2, 0) is 19.2 Å². The van der Waals surface area contributed by atoms with E-state index in [-0.39, 0.29) is 41.8 Å². The SMILES string of the molecule is CCCCCCCCCCCCCCCCC(C)NC(=O)CC[N+](CCC(=O)NC(C)CCCCCCCCCCCCCCCC)(CCC(=O)NC(C)CCCCCCCCCCCCCCCC)CN1CCCC1=O. The van der Waals surface area contributed by atoms with Crippen LogP contribution < -0.4 is 16.0 Å². The predicted octanol–water partition coefficient (Wildman–Crippen LogP) is 18.7. The Morgan fingerprint density at radius 1 is 0.377 bits per heavy atom. The van der Waals surface area contributed by atoms with Gasteiger partial charge >= 0.3 is 0 Å². The van der Waals surface area contributed by atoms with Crippen LogP contribution in [0, 0.1) is 0 Å². The molecule has 454 valence electrons. The minimum absolute atomic E-state index is 0.0237. The van der Waals surface area contributed by atoms with Crippen LogP contribution in [0.2, 0.25) is 0 Å². The average Bonchev–Trinajstić information content (AvgIpc) is 3.81. The summed E-state index contributed by atoms with van der Waals surface area (Å²) in [5.41, 5.74) is 0. The van der Waals surface area contributed by atoms with Crippen LogP contribution in [0.25, 0.3) is 0 Å². The summed E-state index contributed by atoms with van der Waals surface area (Å²) in [7, 11) is 0. The van der Waals surface area contributed by atoms with Gasteiger partial charge in [0, 0.05) is 31.1 Å². The number of amides is 4. The zero-order valence-corrected chi connectivity index (χ0v) is 52.7. The van der Waals surface area contributed by atoms with Gasteiger partial charge in [-0.05, 0) is 46.5 Å². The molecule has 3 unspecified atom stereocenters. The van der Waals surface area contributed by atoms with Crippen LogP contribution in [0.1, 0.15) is 363 Å². The molecule has 9 heteroatoms. The highest BCUT2D eigenvalue weighted by atomic mass is 16.2. The summed E-state index contributed by atoms with van der Waals surface area (Å²) in [6, 6.07) is 0.294. The highest BCUT2D eigenvalue weighted by Gasteiger charge is 2.36. The molecule has 0 saturated carbocycles. The van der Waals surface area contributed by atoms with Gasteiger partial charge in [-0.2, -0.15) is 0 Å². The maximum Gasteiger partial charge on any atom is 0.226 e. The number of hydrogen-bond acceptors (Lipinski definition) is 4. The van der Waals surface area contributed by atoms with Gasteiger partial charge in [-0.15, -0.1) is 0 Å². The molecule has 1 aliphatic rings. The Morgan fingerprint density at radius 2 is 0.597 bits per heavy atom. The van der Waals surface area contributed by atoms with E-state index >= 15 is 0 Å². The van der Waals surface area contributed by atoms with Crippen molar-refractivity contribution < 1.29 is 23.7 Å². The summed E-state index contributed by atoms with van der Waals surface area (Å²) in [4.78, 5) is 56.2. The van der Waals surface area contributed by atoms with Crippen molar-refractivity contribution in [3.8, 4) is 0 Å². The number of nitrogens with zero attached hydrogens (tertiary/aromatic N) is 2. The van der Waals surface area contributed by atoms with Gasteiger partial charge in [0.15, 0.2) is 6.67 Å². The van der Waals surface area contributed by atoms with Gasteiger partial charge in [-0.25, -0.2) is 0 Å². The maximum atomic E-state index is 13.7. The van der Waals surface area contributed by atoms with Crippen molar-refractivity contribution in [2.45, 2.75) is 381 Å². The van der Waals surface area contributed by atoms with E-state index in [2.05, 4.69) is 57.5 Å². The summed E-state index contributed by atoms with van der Waals surface area (Å²) in [6.45, 7) is 15.8. The van der Waals surface area contributed by atoms with E-state index in [4.69, 9.17) is 0 Å². The van der Waals surface area contributed by atoms with Crippen molar-refractivity contribution in [3.63, 3.8) is 0 Å². The summed E-state index contributed by atoms with van der Waals surface area (Å²) in [5, 5.41) is 9.90. The van der Waals surface area contributed by atoms with Crippen molar-refractivity contribution >= 4 is 23.6 Å². The molecular formula is C68H134N5O4+. The first kappa shape index (κ1) is 72.9. The quantitative estimate of drug-likeness (QED) is 0.0416. The van der Waals surface area contributed by atoms with Crippen LogP contribution in [0.15, 0.2) is 0 Å². The number of unbranched alkanes of at least 4 members (excludes halogenated alkanes) is 39. The van der Waals surface area contributed by atoms with Crippen LogP contribution in [0.3, 0.4) is 0 Å². The second kappa shape index (κ2) is 53.2. The van der Waals surface area contributed by atoms with Crippen molar-refractivity contribution in [2.75, 3.05) is 32.8 Å². The zero-order valence-electron chi connectivity index (χ0n) is 52.7. The maximum absolute atomic E-state index is 13.7. The van der Waals surface area contributed by atoms with E-state index in [1.807, 2.05) is 4.90 Å². The topological polar surface area (TPSA) is 108 Å². The van der Waals surface area contributed by atoms with Crippen molar-refractivity contribution in [1.82, 2.24) is 20.9 Å². The Kier molecular flexibility index (Phi) is 50.3. The lowest BCUT2D eigenvalue weighted by Gasteiger charge is -2.41. The number of carbonyl (C=O) groups is 4. The molecule has 0 spiro atoms. The lowest BCUT2D eigenvalue weighted by atomic mass is 10.0. The van der Waals surface area contributed by atoms with Crippen molar-refractivity contribution in [2.24, 2.45) is 0 Å². The van der Waals surface area contributed by atoms with Crippen LogP contribution in [0.5, 0.6) is 0 Å². The van der Waals surface area contributed by atoms with Crippen LogP contribution >= 0.6 is 0 Å². The van der Waals surface area contributed by atoms with E-state index in [1.54, 1.807) is 0 Å². The fourth-order valence-corrected chi connectivity index (χ4v) is 12.0. The van der Waals surface area contributed by atoms with Crippen LogP contribution in [0.4, 0.5) is 0 Å². The van der Waals surface area contributed by atoms with Gasteiger partial charge in [0.05, 0.1) is 38.9 Å². The minimum atomic E-state index is 0.0237. The molecule has 3 N–H and O–H groups in total. The monoisotopic (exact) mass is 1090 g/mol. The highest BCUT2D eigenvalue weighted by Crippen LogP contribution is 2.21. The predicted molar refractivity (Wildman–Crippen MR) is 332 cm³/mol. The number of rotatable bonds is 59. The zero-order chi connectivity index (χ0) is 56.1. The summed E-state index contributed by atoms with van der Waals surface area (Å²) >= 11 is 0. The standard InChI is InChI=1S/C68H133N5O4/c1-7-10-13-16-19-22-25-28-31-34-37-40-43-46-50-62(4)69-65(74)54-58-73(61-72-57-49-53-68(72)77,59-55-66(75)70-63(5)51-47-44-41-38-35-32-29-26-23-20-17-14-11-8-2)60-56-67(76)71-64(6)52-48-45-42-39-36-33-30-27-24-21-18-15-12-9-3/h62-64H,7-61H2,1-6H3,(H2-,69,70,71,74,75,76)/p+1. The molecule has 4 amide bonds. The molecule has 0 aromatic carbocycles. The van der Waals surface area contributed by atoms with E-state index in [0.717, 1.165) is 44.9 Å². The van der Waals surface area contributed by atoms with E-state index in [0.29, 0.717) is 63.0 Å². The largest absolute Gasteiger partial charge is 0.353 e. The van der Waals surface area contributed by atoms with Crippen molar-refractivity contribution in [1.29, 1.82) is 0 Å². The van der Waals surface area contributed by atoms with Gasteiger partial charge in [0.1, 0.15) is 0 Å². The average molecular weight is 1090 g/mol. The van der Waals surface area contributed by atoms with Gasteiger partial charge in [-0.3, -0.25) is 24.1 Å². The first-order valence-corrected chi connectivity index (χ1v) is 34.5. The highest BCUT2D eigenvalue weighted by molar-refractivity contribution is 5.78. The van der Waals surface area contributed by atoms with E-state index in [1.165, 1.54) is 250 Å². The third kappa shape index (κ3) is 46.2. The number of quaternary nitrogens is 1. The number of carbonyl (C=O) groups excluding carboxylic acids is 4. The van der Waals surface area contributed by atoms with E-state index in [9.17, 15) is 19.2 Å². The number of hydrogen-bond donors (Lipinski definition) is 3. The minimum Gasteiger partial charge on any atom is -0.353 e. The van der Waals surface area contributed by atoms with Gasteiger partial charge in [0.2, 0.25) is 23.6 Å². The molecule has 0 bridgehead atoms. The number of likely N-dealkylation sites (tertiary alicyclic amines) is 1. The third-order valence-corrected chi connectivity index (χ3v) is 17.3. The Labute approximate surface area is 479 Å². The Hall–Kier alpha value is -2.16. The molecule has 77 heavy (non-hydrogen) atoms. The molecular weight excluding hydrogens is 951 g/mol. The molecule has 0 aromatic rings. The Morgan fingerprint density at radius 3 is 0.805 bits per heavy atom. The fourth-order valence-electron chi connectivity index (χ4n) is 12.0. The first-order valence-electron chi connectivity index (χ1n) is 34.5. The van der Waals surface area contributed by atoms with Gasteiger partial charge in [0.25, 0.3) is 0 Å². The summed E-state index contributed by atoms with van der Waals surface area (Å²) < 4.78 is 0.383. The first-order chi connectivity index (χ1) is 37.5. The molecule has 1 saturated heterocycles. The van der Waals surface area contributed by atoms with Gasteiger partial charge < -0.3 is 20.4 Å². The molecule has 0 aliphatic carbocycles. The molecule has 3 atom stereocenters. The van der Waals surface area contributed by atoms with Gasteiger partial charge in [-0.1, -0.05) is 290 Å². The molecule has 0 radical (unpaired) electrons. The number of nitrogens with one attached hydrogen (secondary N) is 3. The molecule has 9 nitrogen and oxygen atoms in total. The van der Waals surface area contributed by atoms with E-state index < -0.39 is 0 Å².